The van der Waals surface area contributed by atoms with Gasteiger partial charge < -0.3 is 13.8 Å². The summed E-state index contributed by atoms with van der Waals surface area (Å²) >= 11 is 0. The van der Waals surface area contributed by atoms with Gasteiger partial charge in [0.2, 0.25) is 0 Å². The van der Waals surface area contributed by atoms with Gasteiger partial charge in [-0.1, -0.05) is 27.3 Å². The summed E-state index contributed by atoms with van der Waals surface area (Å²) in [5.41, 5.74) is 0. The minimum atomic E-state index is -0.532. The zero-order valence-electron chi connectivity index (χ0n) is 7.96. The van der Waals surface area contributed by atoms with Gasteiger partial charge >= 0.3 is 7.32 Å². The molecule has 0 aliphatic heterocycles. The molecule has 0 bridgehead atoms. The summed E-state index contributed by atoms with van der Waals surface area (Å²) in [5.74, 6) is 0. The molecule has 0 heterocycles. The van der Waals surface area contributed by atoms with Crippen LogP contribution in [0.5, 0.6) is 0 Å². The first-order valence-corrected chi connectivity index (χ1v) is 3.90. The molecule has 0 rings (SSSR count). The SMILES string of the molecule is COB(OB(C)C)OB(C)C. The van der Waals surface area contributed by atoms with Gasteiger partial charge in [-0.3, -0.25) is 0 Å². The van der Waals surface area contributed by atoms with Gasteiger partial charge in [-0.05, 0) is 0 Å². The lowest BCUT2D eigenvalue weighted by Crippen LogP contribution is -2.34. The zero-order valence-corrected chi connectivity index (χ0v) is 7.96. The van der Waals surface area contributed by atoms with Crippen molar-refractivity contribution in [3.63, 3.8) is 0 Å². The van der Waals surface area contributed by atoms with Crippen molar-refractivity contribution >= 4 is 21.2 Å². The van der Waals surface area contributed by atoms with Crippen molar-refractivity contribution in [2.75, 3.05) is 7.11 Å². The summed E-state index contributed by atoms with van der Waals surface area (Å²) in [6.45, 7) is 8.01. The van der Waals surface area contributed by atoms with Gasteiger partial charge in [0.15, 0.2) is 0 Å². The van der Waals surface area contributed by atoms with Crippen LogP contribution in [0.3, 0.4) is 0 Å². The summed E-state index contributed by atoms with van der Waals surface area (Å²) in [7, 11) is 1.03. The quantitative estimate of drug-likeness (QED) is 0.558. The molecule has 0 aromatic heterocycles. The molecule has 0 fully saturated rings. The fraction of sp³-hybridized carbons (Fsp3) is 1.00. The third-order valence-electron chi connectivity index (χ3n) is 0.959. The zero-order chi connectivity index (χ0) is 8.85. The number of hydrogen-bond donors (Lipinski definition) is 0. The maximum Gasteiger partial charge on any atom is 0.607 e. The van der Waals surface area contributed by atoms with Gasteiger partial charge in [-0.15, -0.1) is 0 Å². The molecule has 0 aromatic carbocycles. The molecule has 3 nitrogen and oxygen atoms in total. The summed E-state index contributed by atoms with van der Waals surface area (Å²) in [6, 6.07) is 0. The molecule has 11 heavy (non-hydrogen) atoms. The Hall–Kier alpha value is 0.0748. The van der Waals surface area contributed by atoms with Crippen LogP contribution in [0.4, 0.5) is 0 Å². The summed E-state index contributed by atoms with van der Waals surface area (Å²) in [5, 5.41) is 0. The predicted octanol–water partition coefficient (Wildman–Crippen LogP) is 1.15. The Kier molecular flexibility index (Phi) is 5.73. The van der Waals surface area contributed by atoms with E-state index in [1.54, 1.807) is 7.11 Å². The van der Waals surface area contributed by atoms with E-state index < -0.39 is 7.32 Å². The third-order valence-corrected chi connectivity index (χ3v) is 0.959. The van der Waals surface area contributed by atoms with Crippen molar-refractivity contribution in [2.24, 2.45) is 0 Å². The van der Waals surface area contributed by atoms with Gasteiger partial charge in [0.05, 0.1) is 0 Å². The van der Waals surface area contributed by atoms with Crippen LogP contribution in [0.15, 0.2) is 0 Å². The van der Waals surface area contributed by atoms with E-state index in [4.69, 9.17) is 13.8 Å². The Labute approximate surface area is 70.2 Å². The van der Waals surface area contributed by atoms with E-state index >= 15 is 0 Å². The Morgan fingerprint density at radius 3 is 1.36 bits per heavy atom. The van der Waals surface area contributed by atoms with E-state index in [9.17, 15) is 0 Å². The average Bonchev–Trinajstić information content (AvgIpc) is 1.84. The monoisotopic (exact) mass is 156 g/mol. The molecule has 0 aromatic rings. The van der Waals surface area contributed by atoms with Crippen LogP contribution in [0.25, 0.3) is 0 Å². The maximum absolute atomic E-state index is 5.27. The molecule has 62 valence electrons. The lowest BCUT2D eigenvalue weighted by molar-refractivity contribution is 0.251. The fourth-order valence-electron chi connectivity index (χ4n) is 0.588. The molecular weight excluding hydrogens is 140 g/mol. The van der Waals surface area contributed by atoms with Crippen LogP contribution >= 0.6 is 0 Å². The van der Waals surface area contributed by atoms with Crippen molar-refractivity contribution in [3.8, 4) is 0 Å². The Bertz CT molecular complexity index is 89.0. The van der Waals surface area contributed by atoms with Crippen LogP contribution in [-0.4, -0.2) is 28.3 Å². The second kappa shape index (κ2) is 5.69. The predicted molar refractivity (Wildman–Crippen MR) is 49.9 cm³/mol. The lowest BCUT2D eigenvalue weighted by atomic mass is 9.71. The second-order valence-corrected chi connectivity index (χ2v) is 2.89. The number of rotatable bonds is 5. The first-order valence-electron chi connectivity index (χ1n) is 3.90. The van der Waals surface area contributed by atoms with E-state index in [2.05, 4.69) is 0 Å². The molecule has 6 heteroatoms. The van der Waals surface area contributed by atoms with Gasteiger partial charge in [0.25, 0.3) is 13.8 Å². The standard InChI is InChI=1S/C5H15B3O3/c1-6(2)10-8(9-5)11-7(3)4/h1-5H3. The van der Waals surface area contributed by atoms with Crippen molar-refractivity contribution < 1.29 is 13.8 Å². The van der Waals surface area contributed by atoms with Crippen LogP contribution in [0.2, 0.25) is 27.3 Å². The van der Waals surface area contributed by atoms with E-state index in [1.807, 2.05) is 27.3 Å². The first kappa shape index (κ1) is 11.1. The molecule has 0 radical (unpaired) electrons. The van der Waals surface area contributed by atoms with Gasteiger partial charge in [0.1, 0.15) is 0 Å². The Balaban J connectivity index is 3.58. The average molecular weight is 156 g/mol. The van der Waals surface area contributed by atoms with E-state index in [0.29, 0.717) is 0 Å². The highest BCUT2D eigenvalue weighted by Crippen LogP contribution is 1.96. The van der Waals surface area contributed by atoms with E-state index in [1.165, 1.54) is 0 Å². The molecule has 0 aliphatic rings. The molecular formula is C5H15B3O3. The molecule has 0 saturated carbocycles. The molecule has 0 aliphatic carbocycles. The molecule has 0 unspecified atom stereocenters. The fourth-order valence-corrected chi connectivity index (χ4v) is 0.588. The lowest BCUT2D eigenvalue weighted by Gasteiger charge is -2.14. The van der Waals surface area contributed by atoms with Crippen LogP contribution in [-0.2, 0) is 13.8 Å². The summed E-state index contributed by atoms with van der Waals surface area (Å²) in [6.07, 6.45) is 0. The smallest absolute Gasteiger partial charge is 0.450 e. The van der Waals surface area contributed by atoms with Crippen molar-refractivity contribution in [1.29, 1.82) is 0 Å². The number of hydrogen-bond acceptors (Lipinski definition) is 3. The highest BCUT2D eigenvalue weighted by molar-refractivity contribution is 6.64. The maximum atomic E-state index is 5.27. The van der Waals surface area contributed by atoms with Crippen molar-refractivity contribution in [2.45, 2.75) is 27.3 Å². The van der Waals surface area contributed by atoms with Crippen LogP contribution in [0, 0.1) is 0 Å². The van der Waals surface area contributed by atoms with Crippen molar-refractivity contribution in [1.82, 2.24) is 0 Å². The topological polar surface area (TPSA) is 27.7 Å². The normalized spacial score (nSPS) is 9.55. The molecule has 0 N–H and O–H groups in total. The van der Waals surface area contributed by atoms with Gasteiger partial charge in [-0.25, -0.2) is 0 Å². The molecule has 0 amide bonds. The van der Waals surface area contributed by atoms with E-state index in [0.717, 1.165) is 0 Å². The minimum Gasteiger partial charge on any atom is -0.450 e. The second-order valence-electron chi connectivity index (χ2n) is 2.89. The molecule has 0 atom stereocenters. The van der Waals surface area contributed by atoms with Crippen molar-refractivity contribution in [3.05, 3.63) is 0 Å². The highest BCUT2D eigenvalue weighted by Gasteiger charge is 2.23. The first-order chi connectivity index (χ1) is 5.06. The van der Waals surface area contributed by atoms with Gasteiger partial charge in [0, 0.05) is 7.11 Å². The largest absolute Gasteiger partial charge is 0.607 e. The van der Waals surface area contributed by atoms with Crippen LogP contribution in [0.1, 0.15) is 0 Å². The Morgan fingerprint density at radius 1 is 0.818 bits per heavy atom. The van der Waals surface area contributed by atoms with Crippen LogP contribution < -0.4 is 0 Å². The summed E-state index contributed by atoms with van der Waals surface area (Å²) < 4.78 is 15.5. The third kappa shape index (κ3) is 6.47. The summed E-state index contributed by atoms with van der Waals surface area (Å²) in [4.78, 5) is 0. The molecule has 0 saturated heterocycles. The Morgan fingerprint density at radius 2 is 1.18 bits per heavy atom. The van der Waals surface area contributed by atoms with E-state index in [-0.39, 0.29) is 13.8 Å². The highest BCUT2D eigenvalue weighted by atomic mass is 16.7. The molecule has 0 spiro atoms. The van der Waals surface area contributed by atoms with Gasteiger partial charge in [-0.2, -0.15) is 0 Å². The minimum absolute atomic E-state index is 0.124.